The Kier molecular flexibility index (Phi) is 4.17. The average Bonchev–Trinajstić information content (AvgIpc) is 1.99. The number of nitrogens with zero attached hydrogens (tertiary/aromatic N) is 3. The van der Waals surface area contributed by atoms with Crippen LogP contribution in [-0.2, 0) is 0 Å². The summed E-state index contributed by atoms with van der Waals surface area (Å²) in [6.45, 7) is 3.16. The van der Waals surface area contributed by atoms with Crippen LogP contribution in [0.3, 0.4) is 0 Å². The van der Waals surface area contributed by atoms with Crippen LogP contribution < -0.4 is 0 Å². The maximum absolute atomic E-state index is 8.30. The van der Waals surface area contributed by atoms with Crippen molar-refractivity contribution in [1.29, 1.82) is 5.26 Å². The van der Waals surface area contributed by atoms with Gasteiger partial charge in [-0.05, 0) is 6.72 Å². The van der Waals surface area contributed by atoms with Crippen molar-refractivity contribution in [3.8, 4) is 6.07 Å². The smallest absolute Gasteiger partial charge is 0.142 e. The van der Waals surface area contributed by atoms with E-state index in [4.69, 9.17) is 16.9 Å². The van der Waals surface area contributed by atoms with Crippen molar-refractivity contribution in [2.24, 2.45) is 9.98 Å². The molecule has 0 radical (unpaired) electrons. The molecule has 0 amide bonds. The van der Waals surface area contributed by atoms with Gasteiger partial charge in [0.1, 0.15) is 16.9 Å². The Balaban J connectivity index is 4.44. The molecule has 0 fully saturated rings. The third-order valence-corrected chi connectivity index (χ3v) is 1.03. The summed E-state index contributed by atoms with van der Waals surface area (Å²) in [4.78, 5) is 6.97. The molecule has 0 aromatic heterocycles. The largest absolute Gasteiger partial charge is 0.276 e. The van der Waals surface area contributed by atoms with Gasteiger partial charge in [-0.25, -0.2) is 0 Å². The van der Waals surface area contributed by atoms with E-state index in [1.807, 2.05) is 0 Å². The lowest BCUT2D eigenvalue weighted by Gasteiger charge is -1.84. The summed E-state index contributed by atoms with van der Waals surface area (Å²) < 4.78 is 0. The summed E-state index contributed by atoms with van der Waals surface area (Å²) in [5, 5.41) is 8.54. The number of hydrogen-bond donors (Lipinski definition) is 0. The van der Waals surface area contributed by atoms with Gasteiger partial charge in [0.15, 0.2) is 0 Å². The van der Waals surface area contributed by atoms with E-state index in [1.165, 1.54) is 13.1 Å². The van der Waals surface area contributed by atoms with E-state index in [-0.39, 0.29) is 10.9 Å². The van der Waals surface area contributed by atoms with Crippen molar-refractivity contribution in [3.05, 3.63) is 11.8 Å². The van der Waals surface area contributed by atoms with E-state index in [1.54, 1.807) is 6.07 Å². The minimum atomic E-state index is 0.163. The quantitative estimate of drug-likeness (QED) is 0.439. The highest BCUT2D eigenvalue weighted by molar-refractivity contribution is 6.68. The molecule has 0 unspecified atom stereocenters. The van der Waals surface area contributed by atoms with Gasteiger partial charge in [-0.3, -0.25) is 9.98 Å². The molecule has 0 spiro atoms. The third-order valence-electron chi connectivity index (χ3n) is 0.754. The lowest BCUT2D eigenvalue weighted by Crippen LogP contribution is -1.81. The Hall–Kier alpha value is -1.14. The van der Waals surface area contributed by atoms with Gasteiger partial charge in [0, 0.05) is 13.1 Å². The van der Waals surface area contributed by atoms with E-state index >= 15 is 0 Å². The van der Waals surface area contributed by atoms with E-state index in [9.17, 15) is 0 Å². The first-order valence-corrected chi connectivity index (χ1v) is 2.83. The van der Waals surface area contributed by atoms with Gasteiger partial charge in [-0.2, -0.15) is 5.26 Å². The van der Waals surface area contributed by atoms with Crippen molar-refractivity contribution in [2.75, 3.05) is 7.05 Å². The minimum Gasteiger partial charge on any atom is -0.276 e. The Bertz CT molecular complexity index is 222. The first-order chi connectivity index (χ1) is 4.74. The molecule has 0 saturated heterocycles. The van der Waals surface area contributed by atoms with Gasteiger partial charge in [0.25, 0.3) is 0 Å². The van der Waals surface area contributed by atoms with Crippen molar-refractivity contribution in [3.63, 3.8) is 0 Å². The second kappa shape index (κ2) is 4.71. The lowest BCUT2D eigenvalue weighted by molar-refractivity contribution is 1.40. The van der Waals surface area contributed by atoms with Crippen LogP contribution in [-0.4, -0.2) is 18.9 Å². The van der Waals surface area contributed by atoms with Crippen LogP contribution in [0, 0.1) is 11.3 Å². The lowest BCUT2D eigenvalue weighted by atomic mass is 10.4. The fourth-order valence-corrected chi connectivity index (χ4v) is 0.394. The Labute approximate surface area is 64.4 Å². The molecule has 0 aliphatic rings. The molecule has 0 aliphatic heterocycles. The zero-order valence-electron chi connectivity index (χ0n) is 5.50. The molecule has 10 heavy (non-hydrogen) atoms. The van der Waals surface area contributed by atoms with Gasteiger partial charge in [0.2, 0.25) is 0 Å². The first-order valence-electron chi connectivity index (χ1n) is 2.45. The van der Waals surface area contributed by atoms with Crippen molar-refractivity contribution in [1.82, 2.24) is 0 Å². The molecule has 0 aliphatic carbocycles. The number of aliphatic imine (C=N–C) groups is 2. The number of hydrogen-bond acceptors (Lipinski definition) is 3. The van der Waals surface area contributed by atoms with E-state index in [0.717, 1.165) is 0 Å². The van der Waals surface area contributed by atoms with Gasteiger partial charge in [-0.15, -0.1) is 0 Å². The number of halogens is 1. The van der Waals surface area contributed by atoms with Crippen LogP contribution in [0.5, 0.6) is 0 Å². The summed E-state index contributed by atoms with van der Waals surface area (Å²) in [7, 11) is 1.52. The van der Waals surface area contributed by atoms with Gasteiger partial charge in [0.05, 0.1) is 0 Å². The zero-order chi connectivity index (χ0) is 7.98. The highest BCUT2D eigenvalue weighted by Crippen LogP contribution is 1.96. The van der Waals surface area contributed by atoms with Gasteiger partial charge < -0.3 is 0 Å². The fraction of sp³-hybridized carbons (Fsp3) is 0.167. The normalized spacial score (nSPS) is 12.5. The van der Waals surface area contributed by atoms with Gasteiger partial charge >= 0.3 is 0 Å². The van der Waals surface area contributed by atoms with Gasteiger partial charge in [-0.1, -0.05) is 11.6 Å². The highest BCUT2D eigenvalue weighted by Gasteiger charge is 1.90. The number of allylic oxidation sites excluding steroid dienone is 2. The first kappa shape index (κ1) is 8.86. The summed E-state index contributed by atoms with van der Waals surface area (Å²) >= 11 is 5.45. The van der Waals surface area contributed by atoms with Crippen LogP contribution in [0.25, 0.3) is 0 Å². The summed E-state index contributed by atoms with van der Waals surface area (Å²) in [5.41, 5.74) is 0.163. The van der Waals surface area contributed by atoms with Crippen LogP contribution in [0.4, 0.5) is 0 Å². The predicted octanol–water partition coefficient (Wildman–Crippen LogP) is 1.36. The molecule has 0 atom stereocenters. The standard InChI is InChI=1S/C6H6ClN3/c1-9-5(4-8)3-6(7)10-2/h3H,1H2,2H3/b5-3-,10-6?. The second-order valence-electron chi connectivity index (χ2n) is 1.35. The predicted molar refractivity (Wildman–Crippen MR) is 42.5 cm³/mol. The summed E-state index contributed by atoms with van der Waals surface area (Å²) in [5.74, 6) is 0. The van der Waals surface area contributed by atoms with Crippen LogP contribution in [0.15, 0.2) is 21.8 Å². The summed E-state index contributed by atoms with van der Waals surface area (Å²) in [6.07, 6.45) is 1.34. The molecule has 52 valence electrons. The third kappa shape index (κ3) is 3.00. The maximum Gasteiger partial charge on any atom is 0.142 e. The van der Waals surface area contributed by atoms with Crippen molar-refractivity contribution >= 4 is 23.5 Å². The molecule has 0 heterocycles. The zero-order valence-corrected chi connectivity index (χ0v) is 6.26. The summed E-state index contributed by atoms with van der Waals surface area (Å²) in [6, 6.07) is 1.78. The monoisotopic (exact) mass is 155 g/mol. The molecule has 0 rings (SSSR count). The molecule has 0 saturated carbocycles. The van der Waals surface area contributed by atoms with Crippen LogP contribution in [0.1, 0.15) is 0 Å². The van der Waals surface area contributed by atoms with Crippen molar-refractivity contribution in [2.45, 2.75) is 0 Å². The molecule has 0 aromatic carbocycles. The fourth-order valence-electron chi connectivity index (χ4n) is 0.291. The number of rotatable bonds is 2. The Morgan fingerprint density at radius 1 is 1.80 bits per heavy atom. The molecule has 0 bridgehead atoms. The van der Waals surface area contributed by atoms with E-state index in [2.05, 4.69) is 16.7 Å². The van der Waals surface area contributed by atoms with E-state index in [0.29, 0.717) is 0 Å². The Morgan fingerprint density at radius 3 is 2.70 bits per heavy atom. The topological polar surface area (TPSA) is 48.5 Å². The Morgan fingerprint density at radius 2 is 2.40 bits per heavy atom. The van der Waals surface area contributed by atoms with Crippen LogP contribution in [0.2, 0.25) is 0 Å². The molecule has 0 aromatic rings. The molecule has 3 nitrogen and oxygen atoms in total. The average molecular weight is 156 g/mol. The molecule has 0 N–H and O–H groups in total. The second-order valence-corrected chi connectivity index (χ2v) is 1.73. The molecular weight excluding hydrogens is 150 g/mol. The maximum atomic E-state index is 8.30. The number of nitriles is 1. The minimum absolute atomic E-state index is 0.163. The SMILES string of the molecule is C=N/C(C#N)=C\C(Cl)=NC. The van der Waals surface area contributed by atoms with Crippen molar-refractivity contribution < 1.29 is 0 Å². The van der Waals surface area contributed by atoms with Crippen LogP contribution >= 0.6 is 11.6 Å². The molecular formula is C6H6ClN3. The van der Waals surface area contributed by atoms with E-state index < -0.39 is 0 Å². The highest BCUT2D eigenvalue weighted by atomic mass is 35.5. The molecule has 4 heteroatoms.